The first-order valence-electron chi connectivity index (χ1n) is 6.33. The van der Waals surface area contributed by atoms with E-state index < -0.39 is 5.97 Å². The lowest BCUT2D eigenvalue weighted by Crippen LogP contribution is -2.54. The Bertz CT molecular complexity index is 253. The highest BCUT2D eigenvalue weighted by molar-refractivity contribution is 5.69. The van der Waals surface area contributed by atoms with Crippen LogP contribution in [0.1, 0.15) is 26.2 Å². The maximum absolute atomic E-state index is 10.6. The van der Waals surface area contributed by atoms with Crippen LogP contribution in [0.25, 0.3) is 0 Å². The molecule has 0 bridgehead atoms. The van der Waals surface area contributed by atoms with E-state index >= 15 is 0 Å². The highest BCUT2D eigenvalue weighted by Gasteiger charge is 2.28. The largest absolute Gasteiger partial charge is 0.480 e. The first-order valence-corrected chi connectivity index (χ1v) is 6.33. The van der Waals surface area contributed by atoms with Gasteiger partial charge in [-0.2, -0.15) is 0 Å². The maximum Gasteiger partial charge on any atom is 0.317 e. The molecular weight excluding hydrogens is 204 g/mol. The van der Waals surface area contributed by atoms with Gasteiger partial charge in [0.25, 0.3) is 0 Å². The molecule has 2 rings (SSSR count). The Labute approximate surface area is 97.2 Å². The maximum atomic E-state index is 10.6. The molecule has 0 radical (unpaired) electrons. The summed E-state index contributed by atoms with van der Waals surface area (Å²) >= 11 is 0. The smallest absolute Gasteiger partial charge is 0.317 e. The zero-order valence-corrected chi connectivity index (χ0v) is 10.1. The predicted octanol–water partition coefficient (Wildman–Crippen LogP) is 0.877. The third-order valence-corrected chi connectivity index (χ3v) is 3.93. The summed E-state index contributed by atoms with van der Waals surface area (Å²) in [4.78, 5) is 15.2. The molecule has 4 heteroatoms. The Morgan fingerprint density at radius 2 is 2.12 bits per heavy atom. The zero-order valence-electron chi connectivity index (χ0n) is 10.1. The number of aliphatic carboxylic acids is 1. The minimum atomic E-state index is -0.709. The molecule has 0 aromatic heterocycles. The number of piperazine rings is 1. The van der Waals surface area contributed by atoms with Crippen molar-refractivity contribution in [3.05, 3.63) is 0 Å². The Balaban J connectivity index is 1.75. The lowest BCUT2D eigenvalue weighted by atomic mass is 9.84. The van der Waals surface area contributed by atoms with Crippen LogP contribution in [0.15, 0.2) is 0 Å². The molecule has 16 heavy (non-hydrogen) atoms. The van der Waals surface area contributed by atoms with Crippen LogP contribution in [-0.2, 0) is 4.79 Å². The third-order valence-electron chi connectivity index (χ3n) is 3.93. The SMILES string of the molecule is C[C@H]1CN(CC(=O)O)CCN1CC1CCC1. The quantitative estimate of drug-likeness (QED) is 0.773. The number of hydrogen-bond donors (Lipinski definition) is 1. The molecule has 2 fully saturated rings. The number of carboxylic acid groups (broad SMARTS) is 1. The van der Waals surface area contributed by atoms with Gasteiger partial charge >= 0.3 is 5.97 Å². The summed E-state index contributed by atoms with van der Waals surface area (Å²) in [6, 6.07) is 0.508. The average Bonchev–Trinajstić information content (AvgIpc) is 2.12. The van der Waals surface area contributed by atoms with E-state index in [1.165, 1.54) is 25.8 Å². The summed E-state index contributed by atoms with van der Waals surface area (Å²) in [5.41, 5.74) is 0. The van der Waals surface area contributed by atoms with Crippen LogP contribution in [0.2, 0.25) is 0 Å². The molecule has 0 amide bonds. The summed E-state index contributed by atoms with van der Waals surface area (Å²) in [6.45, 7) is 6.48. The number of carbonyl (C=O) groups is 1. The van der Waals surface area contributed by atoms with Crippen LogP contribution < -0.4 is 0 Å². The first-order chi connectivity index (χ1) is 7.65. The van der Waals surface area contributed by atoms with Crippen LogP contribution in [0.3, 0.4) is 0 Å². The second kappa shape index (κ2) is 5.15. The van der Waals surface area contributed by atoms with Crippen molar-refractivity contribution in [1.29, 1.82) is 0 Å². The van der Waals surface area contributed by atoms with Gasteiger partial charge in [0.1, 0.15) is 0 Å². The van der Waals surface area contributed by atoms with E-state index in [-0.39, 0.29) is 6.54 Å². The van der Waals surface area contributed by atoms with Crippen molar-refractivity contribution in [1.82, 2.24) is 9.80 Å². The van der Waals surface area contributed by atoms with Gasteiger partial charge in [0.2, 0.25) is 0 Å². The van der Waals surface area contributed by atoms with Crippen LogP contribution >= 0.6 is 0 Å². The fourth-order valence-corrected chi connectivity index (χ4v) is 2.68. The van der Waals surface area contributed by atoms with Crippen LogP contribution in [0.5, 0.6) is 0 Å². The lowest BCUT2D eigenvalue weighted by Gasteiger charge is -2.42. The Kier molecular flexibility index (Phi) is 3.82. The molecule has 0 aromatic carbocycles. The van der Waals surface area contributed by atoms with Crippen LogP contribution in [0, 0.1) is 5.92 Å². The summed E-state index contributed by atoms with van der Waals surface area (Å²) in [7, 11) is 0. The van der Waals surface area contributed by atoms with Gasteiger partial charge in [-0.15, -0.1) is 0 Å². The summed E-state index contributed by atoms with van der Waals surface area (Å²) < 4.78 is 0. The van der Waals surface area contributed by atoms with E-state index in [1.54, 1.807) is 0 Å². The van der Waals surface area contributed by atoms with Gasteiger partial charge in [0.05, 0.1) is 6.54 Å². The number of hydrogen-bond acceptors (Lipinski definition) is 3. The minimum absolute atomic E-state index is 0.196. The molecule has 0 aromatic rings. The molecule has 4 nitrogen and oxygen atoms in total. The summed E-state index contributed by atoms with van der Waals surface area (Å²) in [5.74, 6) is 0.202. The van der Waals surface area contributed by atoms with Gasteiger partial charge in [-0.05, 0) is 25.7 Å². The van der Waals surface area contributed by atoms with Gasteiger partial charge in [0, 0.05) is 32.2 Å². The van der Waals surface area contributed by atoms with Gasteiger partial charge < -0.3 is 5.11 Å². The third kappa shape index (κ3) is 2.95. The normalized spacial score (nSPS) is 28.9. The van der Waals surface area contributed by atoms with Crippen LogP contribution in [-0.4, -0.2) is 59.6 Å². The molecule has 92 valence electrons. The fourth-order valence-electron chi connectivity index (χ4n) is 2.68. The molecule has 0 unspecified atom stereocenters. The lowest BCUT2D eigenvalue weighted by molar-refractivity contribution is -0.139. The molecule has 2 aliphatic rings. The number of carboxylic acids is 1. The average molecular weight is 226 g/mol. The van der Waals surface area contributed by atoms with E-state index in [4.69, 9.17) is 5.11 Å². The van der Waals surface area contributed by atoms with Crippen molar-refractivity contribution < 1.29 is 9.90 Å². The number of rotatable bonds is 4. The first kappa shape index (κ1) is 11.9. The standard InChI is InChI=1S/C12H22N2O2/c1-10-7-13(9-12(15)16)5-6-14(10)8-11-3-2-4-11/h10-11H,2-9H2,1H3,(H,15,16)/t10-/m0/s1. The molecule has 1 saturated carbocycles. The number of nitrogens with zero attached hydrogens (tertiary/aromatic N) is 2. The molecule has 0 spiro atoms. The molecule has 1 N–H and O–H groups in total. The van der Waals surface area contributed by atoms with E-state index in [1.807, 2.05) is 4.90 Å². The van der Waals surface area contributed by atoms with E-state index in [9.17, 15) is 4.79 Å². The highest BCUT2D eigenvalue weighted by Crippen LogP contribution is 2.28. The molecule has 1 aliphatic heterocycles. The van der Waals surface area contributed by atoms with Crippen molar-refractivity contribution in [2.24, 2.45) is 5.92 Å². The summed E-state index contributed by atoms with van der Waals surface area (Å²) in [5, 5.41) is 8.76. The molecular formula is C12H22N2O2. The second-order valence-corrected chi connectivity index (χ2v) is 5.27. The van der Waals surface area contributed by atoms with E-state index in [0.717, 1.165) is 25.6 Å². The van der Waals surface area contributed by atoms with Crippen molar-refractivity contribution >= 4 is 5.97 Å². The highest BCUT2D eigenvalue weighted by atomic mass is 16.4. The van der Waals surface area contributed by atoms with E-state index in [0.29, 0.717) is 6.04 Å². The summed E-state index contributed by atoms with van der Waals surface area (Å²) in [6.07, 6.45) is 4.18. The van der Waals surface area contributed by atoms with Crippen molar-refractivity contribution in [2.45, 2.75) is 32.2 Å². The van der Waals surface area contributed by atoms with Gasteiger partial charge in [0.15, 0.2) is 0 Å². The van der Waals surface area contributed by atoms with Gasteiger partial charge in [-0.3, -0.25) is 14.6 Å². The van der Waals surface area contributed by atoms with Crippen molar-refractivity contribution in [2.75, 3.05) is 32.7 Å². The molecule has 1 heterocycles. The Hall–Kier alpha value is -0.610. The second-order valence-electron chi connectivity index (χ2n) is 5.27. The minimum Gasteiger partial charge on any atom is -0.480 e. The van der Waals surface area contributed by atoms with Gasteiger partial charge in [-0.25, -0.2) is 0 Å². The molecule has 1 atom stereocenters. The fraction of sp³-hybridized carbons (Fsp3) is 0.917. The van der Waals surface area contributed by atoms with Crippen molar-refractivity contribution in [3.8, 4) is 0 Å². The van der Waals surface area contributed by atoms with Crippen LogP contribution in [0.4, 0.5) is 0 Å². The Morgan fingerprint density at radius 3 is 2.62 bits per heavy atom. The molecule has 1 saturated heterocycles. The monoisotopic (exact) mass is 226 g/mol. The molecule has 1 aliphatic carbocycles. The topological polar surface area (TPSA) is 43.8 Å². The van der Waals surface area contributed by atoms with Gasteiger partial charge in [-0.1, -0.05) is 6.42 Å². The predicted molar refractivity (Wildman–Crippen MR) is 62.5 cm³/mol. The van der Waals surface area contributed by atoms with Crippen molar-refractivity contribution in [3.63, 3.8) is 0 Å². The zero-order chi connectivity index (χ0) is 11.5. The van der Waals surface area contributed by atoms with E-state index in [2.05, 4.69) is 11.8 Å². The Morgan fingerprint density at radius 1 is 1.38 bits per heavy atom.